The molecule has 3 heteroatoms. The smallest absolute Gasteiger partial charge is 0.206 e. The van der Waals surface area contributed by atoms with Gasteiger partial charge in [0, 0.05) is 0 Å². The number of hydrogen-bond acceptors (Lipinski definition) is 3. The lowest BCUT2D eigenvalue weighted by Crippen LogP contribution is -2.06. The summed E-state index contributed by atoms with van der Waals surface area (Å²) in [5.41, 5.74) is 0. The van der Waals surface area contributed by atoms with Gasteiger partial charge in [0.15, 0.2) is 0 Å². The summed E-state index contributed by atoms with van der Waals surface area (Å²) in [5, 5.41) is 14.8. The van der Waals surface area contributed by atoms with Crippen LogP contribution in [0.25, 0.3) is 0 Å². The van der Waals surface area contributed by atoms with Crippen molar-refractivity contribution in [1.82, 2.24) is 0 Å². The van der Waals surface area contributed by atoms with Crippen LogP contribution in [-0.4, -0.2) is 24.2 Å². The maximum atomic E-state index is 8.12. The fraction of sp³-hybridized carbons (Fsp3) is 0.750. The highest BCUT2D eigenvalue weighted by Gasteiger charge is 1.86. The molecule has 0 aliphatic carbocycles. The fourth-order valence-electron chi connectivity index (χ4n) is 0.220. The highest BCUT2D eigenvalue weighted by molar-refractivity contribution is 5.73. The molecule has 0 aliphatic heterocycles. The lowest BCUT2D eigenvalue weighted by atomic mass is 10.7. The van der Waals surface area contributed by atoms with Crippen molar-refractivity contribution in [3.8, 4) is 0 Å². The quantitative estimate of drug-likeness (QED) is 0.381. The summed E-state index contributed by atoms with van der Waals surface area (Å²) < 4.78 is 4.52. The van der Waals surface area contributed by atoms with E-state index >= 15 is 0 Å². The van der Waals surface area contributed by atoms with E-state index in [0.29, 0.717) is 6.61 Å². The van der Waals surface area contributed by atoms with Crippen molar-refractivity contribution < 1.29 is 9.84 Å². The molecule has 0 aromatic carbocycles. The van der Waals surface area contributed by atoms with E-state index in [1.54, 1.807) is 6.92 Å². The summed E-state index contributed by atoms with van der Waals surface area (Å²) in [5.74, 6) is -0.0671. The summed E-state index contributed by atoms with van der Waals surface area (Å²) in [7, 11) is 0. The zero-order valence-corrected chi connectivity index (χ0v) is 4.27. The Morgan fingerprint density at radius 3 is 2.57 bits per heavy atom. The molecule has 0 atom stereocenters. The first-order chi connectivity index (χ1) is 3.31. The molecule has 7 heavy (non-hydrogen) atoms. The van der Waals surface area contributed by atoms with Crippen LogP contribution in [0.1, 0.15) is 6.92 Å². The second-order valence-corrected chi connectivity index (χ2v) is 1.01. The Balaban J connectivity index is 3.00. The second-order valence-electron chi connectivity index (χ2n) is 1.01. The summed E-state index contributed by atoms with van der Waals surface area (Å²) in [6.07, 6.45) is 0. The van der Waals surface area contributed by atoms with Crippen LogP contribution in [0.5, 0.6) is 0 Å². The molecule has 0 amide bonds. The molecular formula is C4H9NO2. The molecule has 0 aromatic rings. The second kappa shape index (κ2) is 3.61. The van der Waals surface area contributed by atoms with E-state index < -0.39 is 0 Å². The van der Waals surface area contributed by atoms with Crippen molar-refractivity contribution in [2.45, 2.75) is 6.92 Å². The molecule has 42 valence electrons. The normalized spacial score (nSPS) is 8.29. The minimum atomic E-state index is -0.298. The third kappa shape index (κ3) is 3.26. The van der Waals surface area contributed by atoms with E-state index in [1.807, 2.05) is 0 Å². The monoisotopic (exact) mass is 103 g/mol. The number of aliphatic hydroxyl groups excluding tert-OH is 1. The third-order valence-electron chi connectivity index (χ3n) is 0.462. The standard InChI is InChI=1S/C4H9NO2/c1-2-7-4(5)3-6/h5-6H,2-3H2,1H3. The van der Waals surface area contributed by atoms with Gasteiger partial charge in [0.25, 0.3) is 0 Å². The molecule has 0 unspecified atom stereocenters. The average molecular weight is 103 g/mol. The minimum absolute atomic E-state index is 0.0671. The van der Waals surface area contributed by atoms with Crippen molar-refractivity contribution in [2.75, 3.05) is 13.2 Å². The Kier molecular flexibility index (Phi) is 3.32. The van der Waals surface area contributed by atoms with Crippen molar-refractivity contribution in [3.63, 3.8) is 0 Å². The van der Waals surface area contributed by atoms with Gasteiger partial charge in [0.2, 0.25) is 5.90 Å². The molecule has 0 bridgehead atoms. The Hall–Kier alpha value is -0.570. The van der Waals surface area contributed by atoms with Gasteiger partial charge in [-0.1, -0.05) is 0 Å². The van der Waals surface area contributed by atoms with Crippen molar-refractivity contribution in [1.29, 1.82) is 5.41 Å². The van der Waals surface area contributed by atoms with E-state index in [2.05, 4.69) is 4.74 Å². The molecule has 0 spiro atoms. The van der Waals surface area contributed by atoms with Crippen LogP contribution < -0.4 is 0 Å². The molecule has 3 nitrogen and oxygen atoms in total. The lowest BCUT2D eigenvalue weighted by Gasteiger charge is -1.97. The molecule has 2 N–H and O–H groups in total. The van der Waals surface area contributed by atoms with Crippen molar-refractivity contribution in [3.05, 3.63) is 0 Å². The number of ether oxygens (including phenoxy) is 1. The van der Waals surface area contributed by atoms with Crippen molar-refractivity contribution in [2.24, 2.45) is 0 Å². The zero-order chi connectivity index (χ0) is 5.70. The maximum absolute atomic E-state index is 8.12. The SMILES string of the molecule is CCOC(=N)CO. The van der Waals surface area contributed by atoms with E-state index in [-0.39, 0.29) is 12.5 Å². The predicted molar refractivity (Wildman–Crippen MR) is 26.4 cm³/mol. The molecule has 0 aliphatic rings. The van der Waals surface area contributed by atoms with E-state index in [4.69, 9.17) is 10.5 Å². The Bertz CT molecular complexity index is 62.7. The largest absolute Gasteiger partial charge is 0.480 e. The van der Waals surface area contributed by atoms with Crippen LogP contribution >= 0.6 is 0 Å². The highest BCUT2D eigenvalue weighted by Crippen LogP contribution is 1.72. The molecule has 0 saturated carbocycles. The maximum Gasteiger partial charge on any atom is 0.206 e. The first-order valence-electron chi connectivity index (χ1n) is 2.12. The van der Waals surface area contributed by atoms with Gasteiger partial charge >= 0.3 is 0 Å². The van der Waals surface area contributed by atoms with Crippen molar-refractivity contribution >= 4 is 5.90 Å². The van der Waals surface area contributed by atoms with E-state index in [1.165, 1.54) is 0 Å². The van der Waals surface area contributed by atoms with Crippen LogP contribution in [0.4, 0.5) is 0 Å². The average Bonchev–Trinajstić information content (AvgIpc) is 1.68. The first-order valence-corrected chi connectivity index (χ1v) is 2.12. The van der Waals surface area contributed by atoms with Gasteiger partial charge in [-0.2, -0.15) is 0 Å². The van der Waals surface area contributed by atoms with Gasteiger partial charge in [-0.05, 0) is 6.92 Å². The number of aliphatic hydroxyl groups is 1. The number of rotatable bonds is 2. The molecule has 0 rings (SSSR count). The first kappa shape index (κ1) is 6.43. The molecule has 0 fully saturated rings. The van der Waals surface area contributed by atoms with Crippen LogP contribution in [0, 0.1) is 5.41 Å². The van der Waals surface area contributed by atoms with Crippen LogP contribution in [0.15, 0.2) is 0 Å². The summed E-state index contributed by atoms with van der Waals surface area (Å²) >= 11 is 0. The molecule has 0 heterocycles. The third-order valence-corrected chi connectivity index (χ3v) is 0.462. The molecule has 0 aromatic heterocycles. The van der Waals surface area contributed by atoms with Gasteiger partial charge < -0.3 is 9.84 Å². The Labute approximate surface area is 42.4 Å². The van der Waals surface area contributed by atoms with Crippen LogP contribution in [-0.2, 0) is 4.74 Å². The number of nitrogens with one attached hydrogen (secondary N) is 1. The van der Waals surface area contributed by atoms with Gasteiger partial charge in [-0.25, -0.2) is 0 Å². The van der Waals surface area contributed by atoms with E-state index in [9.17, 15) is 0 Å². The predicted octanol–water partition coefficient (Wildman–Crippen LogP) is -0.00753. The lowest BCUT2D eigenvalue weighted by molar-refractivity contribution is 0.263. The highest BCUT2D eigenvalue weighted by atomic mass is 16.5. The molecule has 0 radical (unpaired) electrons. The van der Waals surface area contributed by atoms with Crippen LogP contribution in [0.3, 0.4) is 0 Å². The summed E-state index contributed by atoms with van der Waals surface area (Å²) in [6, 6.07) is 0. The topological polar surface area (TPSA) is 53.3 Å². The van der Waals surface area contributed by atoms with Crippen LogP contribution in [0.2, 0.25) is 0 Å². The molecule has 0 saturated heterocycles. The fourth-order valence-corrected chi connectivity index (χ4v) is 0.220. The Morgan fingerprint density at radius 1 is 1.86 bits per heavy atom. The molecular weight excluding hydrogens is 94.0 g/mol. The summed E-state index contributed by atoms with van der Waals surface area (Å²) in [6.45, 7) is 1.93. The van der Waals surface area contributed by atoms with Gasteiger partial charge in [0.05, 0.1) is 6.61 Å². The summed E-state index contributed by atoms with van der Waals surface area (Å²) in [4.78, 5) is 0. The van der Waals surface area contributed by atoms with Gasteiger partial charge in [-0.3, -0.25) is 5.41 Å². The Morgan fingerprint density at radius 2 is 2.43 bits per heavy atom. The zero-order valence-electron chi connectivity index (χ0n) is 4.27. The number of hydrogen-bond donors (Lipinski definition) is 2. The van der Waals surface area contributed by atoms with Gasteiger partial charge in [-0.15, -0.1) is 0 Å². The van der Waals surface area contributed by atoms with E-state index in [0.717, 1.165) is 0 Å². The van der Waals surface area contributed by atoms with Gasteiger partial charge in [0.1, 0.15) is 6.61 Å². The minimum Gasteiger partial charge on any atom is -0.480 e.